The number of hydrogen-bond acceptors (Lipinski definition) is 5. The van der Waals surface area contributed by atoms with Gasteiger partial charge in [-0.2, -0.15) is 0 Å². The Labute approximate surface area is 171 Å². The Balaban J connectivity index is 1.66. The van der Waals surface area contributed by atoms with Crippen molar-refractivity contribution in [2.24, 2.45) is 5.14 Å². The van der Waals surface area contributed by atoms with E-state index >= 15 is 0 Å². The van der Waals surface area contributed by atoms with E-state index in [-0.39, 0.29) is 4.90 Å². The van der Waals surface area contributed by atoms with Gasteiger partial charge < -0.3 is 14.8 Å². The maximum Gasteiger partial charge on any atom is 0.238 e. The number of anilines is 1. The fraction of sp³-hybridized carbons (Fsp3) is 0.182. The van der Waals surface area contributed by atoms with Gasteiger partial charge in [0.05, 0.1) is 11.5 Å². The second-order valence-corrected chi connectivity index (χ2v) is 7.97. The molecule has 3 rings (SSSR count). The van der Waals surface area contributed by atoms with Crippen LogP contribution in [0.3, 0.4) is 0 Å². The maximum absolute atomic E-state index is 11.3. The Morgan fingerprint density at radius 3 is 2.24 bits per heavy atom. The zero-order valence-electron chi connectivity index (χ0n) is 16.2. The maximum atomic E-state index is 11.3. The van der Waals surface area contributed by atoms with E-state index in [0.29, 0.717) is 31.3 Å². The van der Waals surface area contributed by atoms with Crippen molar-refractivity contribution in [3.05, 3.63) is 83.9 Å². The van der Waals surface area contributed by atoms with Crippen LogP contribution in [0.1, 0.15) is 18.1 Å². The van der Waals surface area contributed by atoms with Crippen molar-refractivity contribution in [1.29, 1.82) is 0 Å². The molecule has 152 valence electrons. The van der Waals surface area contributed by atoms with E-state index in [1.54, 1.807) is 12.1 Å². The molecule has 0 saturated carbocycles. The molecule has 7 heteroatoms. The highest BCUT2D eigenvalue weighted by Crippen LogP contribution is 2.29. The first-order valence-electron chi connectivity index (χ1n) is 9.25. The quantitative estimate of drug-likeness (QED) is 0.556. The van der Waals surface area contributed by atoms with Crippen LogP contribution in [0.15, 0.2) is 77.7 Å². The average Bonchev–Trinajstić information content (AvgIpc) is 2.72. The first-order valence-corrected chi connectivity index (χ1v) is 10.8. The van der Waals surface area contributed by atoms with Crippen LogP contribution in [0.5, 0.6) is 11.5 Å². The van der Waals surface area contributed by atoms with Crippen LogP contribution < -0.4 is 19.9 Å². The lowest BCUT2D eigenvalue weighted by atomic mass is 10.2. The second-order valence-electron chi connectivity index (χ2n) is 6.41. The van der Waals surface area contributed by atoms with Crippen molar-refractivity contribution in [3.8, 4) is 11.5 Å². The van der Waals surface area contributed by atoms with Gasteiger partial charge in [0, 0.05) is 12.2 Å². The van der Waals surface area contributed by atoms with Crippen molar-refractivity contribution in [3.63, 3.8) is 0 Å². The smallest absolute Gasteiger partial charge is 0.238 e. The van der Waals surface area contributed by atoms with Crippen LogP contribution in [0.2, 0.25) is 0 Å². The third-order valence-corrected chi connectivity index (χ3v) is 5.15. The lowest BCUT2D eigenvalue weighted by Crippen LogP contribution is -2.12. The number of ether oxygens (including phenoxy) is 2. The second kappa shape index (κ2) is 9.45. The molecular weight excluding hydrogens is 388 g/mol. The van der Waals surface area contributed by atoms with Crippen LogP contribution >= 0.6 is 0 Å². The highest BCUT2D eigenvalue weighted by Gasteiger charge is 2.09. The van der Waals surface area contributed by atoms with Crippen molar-refractivity contribution in [1.82, 2.24) is 0 Å². The number of benzene rings is 3. The monoisotopic (exact) mass is 412 g/mol. The standard InChI is InChI=1S/C22H24N2O4S/c1-2-27-22-14-18(8-13-21(22)28-16-17-6-4-3-5-7-17)15-24-19-9-11-20(12-10-19)29(23,25)26/h3-14,24H,2,15-16H2,1H3,(H2,23,25,26). The summed E-state index contributed by atoms with van der Waals surface area (Å²) in [6.07, 6.45) is 0. The fourth-order valence-corrected chi connectivity index (χ4v) is 3.27. The molecule has 0 fully saturated rings. The number of rotatable bonds is 9. The summed E-state index contributed by atoms with van der Waals surface area (Å²) in [4.78, 5) is 0.0848. The van der Waals surface area contributed by atoms with Gasteiger partial charge in [0.15, 0.2) is 11.5 Å². The lowest BCUT2D eigenvalue weighted by Gasteiger charge is -2.14. The predicted molar refractivity (Wildman–Crippen MR) is 114 cm³/mol. The van der Waals surface area contributed by atoms with Gasteiger partial charge >= 0.3 is 0 Å². The Bertz CT molecular complexity index is 1040. The van der Waals surface area contributed by atoms with Gasteiger partial charge in [0.2, 0.25) is 10.0 Å². The molecule has 29 heavy (non-hydrogen) atoms. The molecule has 0 radical (unpaired) electrons. The molecule has 0 aliphatic carbocycles. The van der Waals surface area contributed by atoms with Crippen LogP contribution in [-0.4, -0.2) is 15.0 Å². The number of nitrogens with two attached hydrogens (primary N) is 1. The van der Waals surface area contributed by atoms with Crippen LogP contribution in [0.25, 0.3) is 0 Å². The summed E-state index contributed by atoms with van der Waals surface area (Å²) in [6, 6.07) is 22.1. The molecule has 0 unspecified atom stereocenters. The Hall–Kier alpha value is -3.03. The van der Waals surface area contributed by atoms with E-state index < -0.39 is 10.0 Å². The average molecular weight is 413 g/mol. The molecule has 0 aliphatic heterocycles. The van der Waals surface area contributed by atoms with Gasteiger partial charge in [-0.3, -0.25) is 0 Å². The van der Waals surface area contributed by atoms with Gasteiger partial charge in [0.25, 0.3) is 0 Å². The molecule has 0 amide bonds. The van der Waals surface area contributed by atoms with Crippen LogP contribution in [0, 0.1) is 0 Å². The van der Waals surface area contributed by atoms with Gasteiger partial charge in [-0.1, -0.05) is 36.4 Å². The molecule has 3 aromatic carbocycles. The SMILES string of the molecule is CCOc1cc(CNc2ccc(S(N)(=O)=O)cc2)ccc1OCc1ccccc1. The normalized spacial score (nSPS) is 11.1. The minimum absolute atomic E-state index is 0.0848. The molecular formula is C22H24N2O4S. The number of nitrogens with one attached hydrogen (secondary N) is 1. The zero-order valence-corrected chi connectivity index (χ0v) is 17.0. The molecule has 0 aromatic heterocycles. The highest BCUT2D eigenvalue weighted by atomic mass is 32.2. The van der Waals surface area contributed by atoms with Crippen molar-refractivity contribution < 1.29 is 17.9 Å². The third-order valence-electron chi connectivity index (χ3n) is 4.22. The summed E-state index contributed by atoms with van der Waals surface area (Å²) in [6.45, 7) is 3.48. The Kier molecular flexibility index (Phi) is 6.74. The topological polar surface area (TPSA) is 90.6 Å². The molecule has 6 nitrogen and oxygen atoms in total. The zero-order chi connectivity index (χ0) is 20.7. The summed E-state index contributed by atoms with van der Waals surface area (Å²) < 4.78 is 34.3. The van der Waals surface area contributed by atoms with E-state index in [1.807, 2.05) is 55.5 Å². The van der Waals surface area contributed by atoms with Crippen molar-refractivity contribution in [2.75, 3.05) is 11.9 Å². The first kappa shape index (κ1) is 20.7. The Morgan fingerprint density at radius 1 is 0.862 bits per heavy atom. The van der Waals surface area contributed by atoms with E-state index in [1.165, 1.54) is 12.1 Å². The van der Waals surface area contributed by atoms with Gasteiger partial charge in [-0.15, -0.1) is 0 Å². The molecule has 0 saturated heterocycles. The minimum Gasteiger partial charge on any atom is -0.490 e. The third kappa shape index (κ3) is 5.97. The largest absolute Gasteiger partial charge is 0.490 e. The number of sulfonamides is 1. The van der Waals surface area contributed by atoms with Gasteiger partial charge in [-0.25, -0.2) is 13.6 Å². The lowest BCUT2D eigenvalue weighted by molar-refractivity contribution is 0.269. The van der Waals surface area contributed by atoms with Crippen LogP contribution in [-0.2, 0) is 23.2 Å². The molecule has 0 atom stereocenters. The molecule has 0 spiro atoms. The summed E-state index contributed by atoms with van der Waals surface area (Å²) in [5, 5.41) is 8.37. The number of hydrogen-bond donors (Lipinski definition) is 2. The Morgan fingerprint density at radius 2 is 1.59 bits per heavy atom. The summed E-state index contributed by atoms with van der Waals surface area (Å²) >= 11 is 0. The molecule has 0 heterocycles. The van der Waals surface area contributed by atoms with Gasteiger partial charge in [0.1, 0.15) is 6.61 Å². The van der Waals surface area contributed by atoms with E-state index in [2.05, 4.69) is 5.32 Å². The van der Waals surface area contributed by atoms with E-state index in [0.717, 1.165) is 16.8 Å². The van der Waals surface area contributed by atoms with Crippen LogP contribution in [0.4, 0.5) is 5.69 Å². The van der Waals surface area contributed by atoms with Crippen molar-refractivity contribution in [2.45, 2.75) is 25.0 Å². The van der Waals surface area contributed by atoms with Crippen molar-refractivity contribution >= 4 is 15.7 Å². The molecule has 3 aromatic rings. The minimum atomic E-state index is -3.69. The van der Waals surface area contributed by atoms with Gasteiger partial charge in [-0.05, 0) is 54.4 Å². The summed E-state index contributed by atoms with van der Waals surface area (Å²) in [5.74, 6) is 1.38. The van der Waals surface area contributed by atoms with E-state index in [4.69, 9.17) is 14.6 Å². The predicted octanol–water partition coefficient (Wildman–Crippen LogP) is 3.92. The summed E-state index contributed by atoms with van der Waals surface area (Å²) in [5.41, 5.74) is 2.89. The summed E-state index contributed by atoms with van der Waals surface area (Å²) in [7, 11) is -3.69. The highest BCUT2D eigenvalue weighted by molar-refractivity contribution is 7.89. The number of primary sulfonamides is 1. The molecule has 0 aliphatic rings. The first-order chi connectivity index (χ1) is 14.0. The molecule has 3 N–H and O–H groups in total. The molecule has 0 bridgehead atoms. The fourth-order valence-electron chi connectivity index (χ4n) is 2.75. The van der Waals surface area contributed by atoms with E-state index in [9.17, 15) is 8.42 Å².